The van der Waals surface area contributed by atoms with Gasteiger partial charge in [0.25, 0.3) is 0 Å². The molecule has 0 unspecified atom stereocenters. The van der Waals surface area contributed by atoms with E-state index in [-0.39, 0.29) is 5.78 Å². The lowest BCUT2D eigenvalue weighted by Gasteiger charge is -2.26. The summed E-state index contributed by atoms with van der Waals surface area (Å²) in [6.07, 6.45) is 0. The molecule has 5 aromatic carbocycles. The van der Waals surface area contributed by atoms with Crippen molar-refractivity contribution in [1.82, 2.24) is 0 Å². The summed E-state index contributed by atoms with van der Waals surface area (Å²) in [5.74, 6) is -1.05. The van der Waals surface area contributed by atoms with E-state index in [4.69, 9.17) is 9.68 Å². The number of carbonyl (C=O) groups excluding carboxylic acids is 3. The largest absolute Gasteiger partial charge is 0.331 e. The maximum atomic E-state index is 13.4. The quantitative estimate of drug-likeness (QED) is 0.0606. The van der Waals surface area contributed by atoms with Gasteiger partial charge in [-0.1, -0.05) is 64.5 Å². The Balaban J connectivity index is 1.42. The molecule has 0 atom stereocenters. The molecule has 0 amide bonds. The minimum atomic E-state index is -0.491. The maximum absolute atomic E-state index is 13.4. The van der Waals surface area contributed by atoms with E-state index >= 15 is 0 Å². The predicted molar refractivity (Wildman–Crippen MR) is 190 cm³/mol. The van der Waals surface area contributed by atoms with Gasteiger partial charge in [0.1, 0.15) is 0 Å². The second kappa shape index (κ2) is 15.7. The molecule has 0 aliphatic heterocycles. The Hall–Kier alpha value is -5.80. The molecule has 0 N–H and O–H groups in total. The Morgan fingerprint density at radius 1 is 0.479 bits per heavy atom. The molecular formula is C39H33N3O5S. The first kappa shape index (κ1) is 33.6. The van der Waals surface area contributed by atoms with Crippen LogP contribution in [0.15, 0.2) is 147 Å². The van der Waals surface area contributed by atoms with Gasteiger partial charge in [0.2, 0.25) is 0 Å². The molecule has 0 spiro atoms. The van der Waals surface area contributed by atoms with Gasteiger partial charge in [-0.15, -0.1) is 0 Å². The summed E-state index contributed by atoms with van der Waals surface area (Å²) in [5.41, 5.74) is 6.42. The molecule has 0 saturated heterocycles. The van der Waals surface area contributed by atoms with Crippen LogP contribution in [0.5, 0.6) is 0 Å². The van der Waals surface area contributed by atoms with Crippen molar-refractivity contribution >= 4 is 58.0 Å². The zero-order chi connectivity index (χ0) is 34.0. The maximum Gasteiger partial charge on any atom is 0.331 e. The molecule has 5 aromatic rings. The molecule has 0 bridgehead atoms. The lowest BCUT2D eigenvalue weighted by Crippen LogP contribution is -2.11. The average molecular weight is 656 g/mol. The summed E-state index contributed by atoms with van der Waals surface area (Å²) < 4.78 is 0. The smallest absolute Gasteiger partial charge is 0.318 e. The van der Waals surface area contributed by atoms with Crippen molar-refractivity contribution in [2.45, 2.75) is 37.5 Å². The van der Waals surface area contributed by atoms with Crippen molar-refractivity contribution < 1.29 is 24.1 Å². The van der Waals surface area contributed by atoms with Gasteiger partial charge >= 0.3 is 11.9 Å². The minimum absolute atomic E-state index is 0.0665. The minimum Gasteiger partial charge on any atom is -0.318 e. The number of hydrogen-bond donors (Lipinski definition) is 0. The van der Waals surface area contributed by atoms with Crippen molar-refractivity contribution in [3.05, 3.63) is 150 Å². The zero-order valence-corrected chi connectivity index (χ0v) is 27.7. The van der Waals surface area contributed by atoms with Crippen LogP contribution in [-0.4, -0.2) is 29.1 Å². The first-order valence-corrected chi connectivity index (χ1v) is 15.9. The summed E-state index contributed by atoms with van der Waals surface area (Å²) in [7, 11) is 0. The van der Waals surface area contributed by atoms with Crippen LogP contribution in [0.1, 0.15) is 54.7 Å². The van der Waals surface area contributed by atoms with Crippen molar-refractivity contribution in [1.29, 1.82) is 0 Å². The molecule has 0 saturated carbocycles. The van der Waals surface area contributed by atoms with Gasteiger partial charge in [-0.2, -0.15) is 0 Å². The first-order chi connectivity index (χ1) is 23.2. The van der Waals surface area contributed by atoms with Crippen LogP contribution in [0, 0.1) is 0 Å². The number of ketones is 1. The molecule has 0 aliphatic carbocycles. The van der Waals surface area contributed by atoms with Crippen LogP contribution >= 0.6 is 11.8 Å². The highest BCUT2D eigenvalue weighted by Crippen LogP contribution is 2.35. The van der Waals surface area contributed by atoms with Gasteiger partial charge in [0.05, 0.1) is 11.4 Å². The molecule has 0 aromatic heterocycles. The molecule has 5 rings (SSSR count). The lowest BCUT2D eigenvalue weighted by atomic mass is 10.0. The second-order valence-electron chi connectivity index (χ2n) is 10.8. The Morgan fingerprint density at radius 2 is 0.833 bits per heavy atom. The number of rotatable bonds is 11. The molecule has 0 aliphatic rings. The Kier molecular flexibility index (Phi) is 11.0. The number of benzene rings is 5. The Labute approximate surface area is 283 Å². The van der Waals surface area contributed by atoms with Gasteiger partial charge in [0, 0.05) is 51.8 Å². The van der Waals surface area contributed by atoms with Crippen molar-refractivity contribution in [3.8, 4) is 0 Å². The molecule has 0 heterocycles. The van der Waals surface area contributed by atoms with Crippen molar-refractivity contribution in [2.75, 3.05) is 4.90 Å². The van der Waals surface area contributed by atoms with E-state index in [1.807, 2.05) is 115 Å². The average Bonchev–Trinajstić information content (AvgIpc) is 3.11. The lowest BCUT2D eigenvalue weighted by molar-refractivity contribution is -0.141. The molecule has 240 valence electrons. The molecule has 8 nitrogen and oxygen atoms in total. The summed E-state index contributed by atoms with van der Waals surface area (Å²) in [6.45, 7) is 6.13. The van der Waals surface area contributed by atoms with Crippen molar-refractivity contribution in [2.24, 2.45) is 10.3 Å². The van der Waals surface area contributed by atoms with Gasteiger partial charge in [-0.3, -0.25) is 4.79 Å². The van der Waals surface area contributed by atoms with Gasteiger partial charge in [0.15, 0.2) is 5.78 Å². The fourth-order valence-electron chi connectivity index (χ4n) is 4.75. The third kappa shape index (κ3) is 8.71. The summed E-state index contributed by atoms with van der Waals surface area (Å²) >= 11 is 1.65. The second-order valence-corrected chi connectivity index (χ2v) is 11.9. The Morgan fingerprint density at radius 3 is 1.23 bits per heavy atom. The van der Waals surface area contributed by atoms with E-state index in [0.29, 0.717) is 22.6 Å². The highest BCUT2D eigenvalue weighted by molar-refractivity contribution is 7.99. The summed E-state index contributed by atoms with van der Waals surface area (Å²) in [6, 6.07) is 40.6. The number of hydrogen-bond acceptors (Lipinski definition) is 9. The first-order valence-electron chi connectivity index (χ1n) is 15.1. The number of oxime groups is 2. The zero-order valence-electron chi connectivity index (χ0n) is 26.9. The highest BCUT2D eigenvalue weighted by atomic mass is 32.2. The third-order valence-corrected chi connectivity index (χ3v) is 8.21. The van der Waals surface area contributed by atoms with E-state index in [9.17, 15) is 14.4 Å². The summed E-state index contributed by atoms with van der Waals surface area (Å²) in [5, 5.41) is 7.78. The number of nitrogens with zero attached hydrogens (tertiary/aromatic N) is 3. The van der Waals surface area contributed by atoms with Crippen LogP contribution in [0.25, 0.3) is 0 Å². The van der Waals surface area contributed by atoms with Crippen LogP contribution < -0.4 is 4.90 Å². The fourth-order valence-corrected chi connectivity index (χ4v) is 5.59. The van der Waals surface area contributed by atoms with Gasteiger partial charge < -0.3 is 14.6 Å². The summed E-state index contributed by atoms with van der Waals surface area (Å²) in [4.78, 5) is 49.7. The van der Waals surface area contributed by atoms with E-state index in [1.165, 1.54) is 13.8 Å². The number of carbonyl (C=O) groups is 3. The third-order valence-electron chi connectivity index (χ3n) is 7.19. The van der Waals surface area contributed by atoms with Crippen LogP contribution in [0.4, 0.5) is 17.1 Å². The van der Waals surface area contributed by atoms with Crippen LogP contribution in [0.3, 0.4) is 0 Å². The SMILES string of the molecule is CC(=O)ON=C(C)c1ccc(N(c2ccc(C(=O)c3ccc(Sc4ccccc4)cc3)cc2)c2ccc(/C(C)=N\OC(C)=O)cc2)cc1. The van der Waals surface area contributed by atoms with E-state index in [2.05, 4.69) is 27.3 Å². The topological polar surface area (TPSA) is 97.6 Å². The fraction of sp³-hybridized carbons (Fsp3) is 0.103. The van der Waals surface area contributed by atoms with Gasteiger partial charge in [-0.05, 0) is 110 Å². The van der Waals surface area contributed by atoms with Crippen molar-refractivity contribution in [3.63, 3.8) is 0 Å². The van der Waals surface area contributed by atoms with Crippen LogP contribution in [0.2, 0.25) is 0 Å². The standard InChI is InChI=1S/C39H33N3O5S/c1-26(40-46-28(3)43)30-10-18-34(19-11-30)42(35-20-12-31(13-21-35)27(2)41-47-29(4)44)36-22-14-32(15-23-36)39(45)33-16-24-38(25-17-33)48-37-8-6-5-7-9-37/h5-25H,1-4H3/b40-26-,41-27?. The normalized spacial score (nSPS) is 11.5. The van der Waals surface area contributed by atoms with E-state index < -0.39 is 11.9 Å². The molecule has 0 fully saturated rings. The number of anilines is 3. The Bertz CT molecular complexity index is 1880. The molecule has 0 radical (unpaired) electrons. The molecule has 9 heteroatoms. The highest BCUT2D eigenvalue weighted by Gasteiger charge is 2.16. The van der Waals surface area contributed by atoms with Gasteiger partial charge in [-0.25, -0.2) is 9.59 Å². The molecular weight excluding hydrogens is 623 g/mol. The monoisotopic (exact) mass is 655 g/mol. The predicted octanol–water partition coefficient (Wildman–Crippen LogP) is 9.11. The van der Waals surface area contributed by atoms with E-state index in [1.54, 1.807) is 25.6 Å². The van der Waals surface area contributed by atoms with E-state index in [0.717, 1.165) is 38.0 Å². The molecule has 48 heavy (non-hydrogen) atoms. The van der Waals surface area contributed by atoms with Crippen LogP contribution in [-0.2, 0) is 19.3 Å².